The standard InChI is InChI=1S/C16H17BrN2O3S/c17-9-4-5-13-12(8-9)19-15(23-13)7-6-14(20)18-11-3-1-2-10(11)16(21)22/h4-5,8,10-11H,1-3,6-7H2,(H,18,20)(H,21,22)/t10-,11+/m1/s1. The van der Waals surface area contributed by atoms with Crippen LogP contribution in [0.25, 0.3) is 10.2 Å². The van der Waals surface area contributed by atoms with Crippen LogP contribution in [0.3, 0.4) is 0 Å². The third-order valence-electron chi connectivity index (χ3n) is 4.14. The second-order valence-corrected chi connectivity index (χ2v) is 7.80. The summed E-state index contributed by atoms with van der Waals surface area (Å²) in [5, 5.41) is 12.9. The number of carboxylic acid groups (broad SMARTS) is 1. The molecule has 2 atom stereocenters. The van der Waals surface area contributed by atoms with Gasteiger partial charge >= 0.3 is 5.97 Å². The SMILES string of the molecule is O=C(CCc1nc2cc(Br)ccc2s1)N[C@H]1CCC[C@H]1C(=O)O. The molecule has 1 saturated carbocycles. The second kappa shape index (κ2) is 6.97. The normalized spacial score (nSPS) is 20.7. The van der Waals surface area contributed by atoms with Crippen LogP contribution < -0.4 is 5.32 Å². The fraction of sp³-hybridized carbons (Fsp3) is 0.438. The molecule has 0 unspecified atom stereocenters. The molecule has 0 saturated heterocycles. The van der Waals surface area contributed by atoms with E-state index in [1.807, 2.05) is 18.2 Å². The summed E-state index contributed by atoms with van der Waals surface area (Å²) in [5.41, 5.74) is 0.932. The van der Waals surface area contributed by atoms with E-state index in [0.717, 1.165) is 32.5 Å². The Kier molecular flexibility index (Phi) is 4.96. The van der Waals surface area contributed by atoms with Crippen LogP contribution >= 0.6 is 27.3 Å². The van der Waals surface area contributed by atoms with Crippen molar-refractivity contribution in [2.75, 3.05) is 0 Å². The van der Waals surface area contributed by atoms with Gasteiger partial charge in [0, 0.05) is 23.4 Å². The van der Waals surface area contributed by atoms with Gasteiger partial charge in [0.05, 0.1) is 21.1 Å². The summed E-state index contributed by atoms with van der Waals surface area (Å²) >= 11 is 5.01. The van der Waals surface area contributed by atoms with Crippen LogP contribution in [0, 0.1) is 5.92 Å². The van der Waals surface area contributed by atoms with Crippen molar-refractivity contribution in [1.29, 1.82) is 0 Å². The van der Waals surface area contributed by atoms with Gasteiger partial charge in [-0.25, -0.2) is 4.98 Å². The van der Waals surface area contributed by atoms with Crippen molar-refractivity contribution >= 4 is 49.4 Å². The molecule has 7 heteroatoms. The van der Waals surface area contributed by atoms with Gasteiger partial charge in [-0.2, -0.15) is 0 Å². The van der Waals surface area contributed by atoms with Crippen molar-refractivity contribution in [1.82, 2.24) is 10.3 Å². The van der Waals surface area contributed by atoms with Crippen molar-refractivity contribution in [3.05, 3.63) is 27.7 Å². The lowest BCUT2D eigenvalue weighted by Gasteiger charge is -2.17. The maximum absolute atomic E-state index is 12.1. The number of halogens is 1. The van der Waals surface area contributed by atoms with Crippen molar-refractivity contribution in [2.45, 2.75) is 38.1 Å². The number of nitrogens with zero attached hydrogens (tertiary/aromatic N) is 1. The number of carbonyl (C=O) groups excluding carboxylic acids is 1. The van der Waals surface area contributed by atoms with Gasteiger partial charge < -0.3 is 10.4 Å². The highest BCUT2D eigenvalue weighted by molar-refractivity contribution is 9.10. The van der Waals surface area contributed by atoms with Crippen molar-refractivity contribution in [3.63, 3.8) is 0 Å². The molecule has 1 aliphatic carbocycles. The fourth-order valence-corrected chi connectivity index (χ4v) is 4.28. The van der Waals surface area contributed by atoms with Crippen molar-refractivity contribution in [3.8, 4) is 0 Å². The van der Waals surface area contributed by atoms with E-state index in [0.29, 0.717) is 19.3 Å². The van der Waals surface area contributed by atoms with Gasteiger partial charge in [-0.3, -0.25) is 9.59 Å². The van der Waals surface area contributed by atoms with Crippen LogP contribution in [-0.4, -0.2) is 28.0 Å². The number of hydrogen-bond donors (Lipinski definition) is 2. The number of rotatable bonds is 5. The van der Waals surface area contributed by atoms with Crippen LogP contribution in [-0.2, 0) is 16.0 Å². The summed E-state index contributed by atoms with van der Waals surface area (Å²) in [6.07, 6.45) is 3.16. The Morgan fingerprint density at radius 2 is 2.22 bits per heavy atom. The second-order valence-electron chi connectivity index (χ2n) is 5.77. The first-order valence-electron chi connectivity index (χ1n) is 7.60. The highest BCUT2D eigenvalue weighted by atomic mass is 79.9. The average Bonchev–Trinajstić information content (AvgIpc) is 3.10. The molecule has 1 fully saturated rings. The highest BCUT2D eigenvalue weighted by Gasteiger charge is 2.33. The molecule has 122 valence electrons. The molecular weight excluding hydrogens is 380 g/mol. The van der Waals surface area contributed by atoms with E-state index in [1.54, 1.807) is 11.3 Å². The topological polar surface area (TPSA) is 79.3 Å². The third kappa shape index (κ3) is 3.90. The fourth-order valence-electron chi connectivity index (χ4n) is 2.98. The van der Waals surface area contributed by atoms with Gasteiger partial charge in [-0.1, -0.05) is 22.4 Å². The first-order chi connectivity index (χ1) is 11.0. The largest absolute Gasteiger partial charge is 0.481 e. The summed E-state index contributed by atoms with van der Waals surface area (Å²) in [4.78, 5) is 27.7. The minimum absolute atomic E-state index is 0.0939. The lowest BCUT2D eigenvalue weighted by Crippen LogP contribution is -2.40. The molecule has 2 aromatic rings. The molecule has 0 aliphatic heterocycles. The minimum atomic E-state index is -0.815. The highest BCUT2D eigenvalue weighted by Crippen LogP contribution is 2.27. The van der Waals surface area contributed by atoms with Crippen LogP contribution in [0.15, 0.2) is 22.7 Å². The summed E-state index contributed by atoms with van der Waals surface area (Å²) in [7, 11) is 0. The van der Waals surface area contributed by atoms with E-state index in [-0.39, 0.29) is 11.9 Å². The zero-order valence-electron chi connectivity index (χ0n) is 12.4. The van der Waals surface area contributed by atoms with Crippen LogP contribution in [0.5, 0.6) is 0 Å². The molecule has 1 aliphatic rings. The average molecular weight is 397 g/mol. The maximum atomic E-state index is 12.1. The van der Waals surface area contributed by atoms with Gasteiger partial charge in [0.2, 0.25) is 5.91 Å². The lowest BCUT2D eigenvalue weighted by atomic mass is 10.0. The number of fused-ring (bicyclic) bond motifs is 1. The summed E-state index contributed by atoms with van der Waals surface area (Å²) in [5.74, 6) is -1.35. The van der Waals surface area contributed by atoms with Gasteiger partial charge in [-0.05, 0) is 31.0 Å². The van der Waals surface area contributed by atoms with Crippen LogP contribution in [0.2, 0.25) is 0 Å². The molecular formula is C16H17BrN2O3S. The Morgan fingerprint density at radius 1 is 1.39 bits per heavy atom. The molecule has 0 radical (unpaired) electrons. The smallest absolute Gasteiger partial charge is 0.308 e. The number of aryl methyl sites for hydroxylation is 1. The van der Waals surface area contributed by atoms with Crippen LogP contribution in [0.1, 0.15) is 30.7 Å². The number of carbonyl (C=O) groups is 2. The maximum Gasteiger partial charge on any atom is 0.308 e. The molecule has 1 aromatic heterocycles. The number of nitrogens with one attached hydrogen (secondary N) is 1. The molecule has 3 rings (SSSR count). The Hall–Kier alpha value is -1.47. The van der Waals surface area contributed by atoms with E-state index >= 15 is 0 Å². The Labute approximate surface area is 146 Å². The summed E-state index contributed by atoms with van der Waals surface area (Å²) in [6.45, 7) is 0. The van der Waals surface area contributed by atoms with Gasteiger partial charge in [0.25, 0.3) is 0 Å². The zero-order chi connectivity index (χ0) is 16.4. The molecule has 0 spiro atoms. The minimum Gasteiger partial charge on any atom is -0.481 e. The van der Waals surface area contributed by atoms with Crippen molar-refractivity contribution in [2.24, 2.45) is 5.92 Å². The monoisotopic (exact) mass is 396 g/mol. The van der Waals surface area contributed by atoms with Gasteiger partial charge in [0.15, 0.2) is 0 Å². The molecule has 1 heterocycles. The third-order valence-corrected chi connectivity index (χ3v) is 5.73. The Balaban J connectivity index is 1.56. The number of thiazole rings is 1. The quantitative estimate of drug-likeness (QED) is 0.811. The van der Waals surface area contributed by atoms with Crippen LogP contribution in [0.4, 0.5) is 0 Å². The number of amides is 1. The van der Waals surface area contributed by atoms with Crippen molar-refractivity contribution < 1.29 is 14.7 Å². The number of hydrogen-bond acceptors (Lipinski definition) is 4. The predicted molar refractivity (Wildman–Crippen MR) is 92.5 cm³/mol. The molecule has 5 nitrogen and oxygen atoms in total. The van der Waals surface area contributed by atoms with E-state index in [1.165, 1.54) is 0 Å². The van der Waals surface area contributed by atoms with E-state index in [4.69, 9.17) is 5.11 Å². The van der Waals surface area contributed by atoms with Gasteiger partial charge in [-0.15, -0.1) is 11.3 Å². The molecule has 1 amide bonds. The van der Waals surface area contributed by atoms with E-state index in [9.17, 15) is 9.59 Å². The first kappa shape index (κ1) is 16.4. The number of carboxylic acids is 1. The summed E-state index contributed by atoms with van der Waals surface area (Å²) in [6, 6.07) is 5.72. The lowest BCUT2D eigenvalue weighted by molar-refractivity contribution is -0.142. The molecule has 2 N–H and O–H groups in total. The number of benzene rings is 1. The molecule has 0 bridgehead atoms. The van der Waals surface area contributed by atoms with E-state index < -0.39 is 11.9 Å². The van der Waals surface area contributed by atoms with Gasteiger partial charge in [0.1, 0.15) is 0 Å². The van der Waals surface area contributed by atoms with E-state index in [2.05, 4.69) is 26.2 Å². The number of aromatic nitrogens is 1. The predicted octanol–water partition coefficient (Wildman–Crippen LogP) is 3.36. The summed E-state index contributed by atoms with van der Waals surface area (Å²) < 4.78 is 2.09. The molecule has 23 heavy (non-hydrogen) atoms. The molecule has 1 aromatic carbocycles. The Morgan fingerprint density at radius 3 is 3.00 bits per heavy atom. The number of aliphatic carboxylic acids is 1. The zero-order valence-corrected chi connectivity index (χ0v) is 14.8. The first-order valence-corrected chi connectivity index (χ1v) is 9.21. The Bertz CT molecular complexity index is 746.